The van der Waals surface area contributed by atoms with Gasteiger partial charge in [-0.05, 0) is 18.2 Å². The minimum absolute atomic E-state index is 0.403. The van der Waals surface area contributed by atoms with E-state index in [1.165, 1.54) is 0 Å². The number of methoxy groups -OCH3 is 2. The minimum atomic E-state index is 0.403. The normalized spacial score (nSPS) is 10.8. The Morgan fingerprint density at radius 3 is 2.80 bits per heavy atom. The van der Waals surface area contributed by atoms with Gasteiger partial charge in [0.15, 0.2) is 5.82 Å². The van der Waals surface area contributed by atoms with Gasteiger partial charge in [-0.1, -0.05) is 6.07 Å². The van der Waals surface area contributed by atoms with Crippen molar-refractivity contribution in [2.75, 3.05) is 14.2 Å². The van der Waals surface area contributed by atoms with Gasteiger partial charge in [0.25, 0.3) is 0 Å². The number of rotatable bonds is 5. The number of hydrogen-bond donors (Lipinski definition) is 1. The van der Waals surface area contributed by atoms with Crippen molar-refractivity contribution in [3.8, 4) is 11.5 Å². The van der Waals surface area contributed by atoms with Gasteiger partial charge >= 0.3 is 0 Å². The van der Waals surface area contributed by atoms with Crippen molar-refractivity contribution in [2.45, 2.75) is 6.54 Å². The van der Waals surface area contributed by atoms with E-state index < -0.39 is 0 Å². The molecule has 2 aromatic rings. The molecule has 2 N–H and O–H groups in total. The number of aliphatic imine (C=N–C) groups is 1. The highest BCUT2D eigenvalue weighted by Gasteiger charge is 2.04. The average Bonchev–Trinajstić information content (AvgIpc) is 2.52. The van der Waals surface area contributed by atoms with Gasteiger partial charge in [0.05, 0.1) is 14.2 Å². The van der Waals surface area contributed by atoms with E-state index >= 15 is 0 Å². The fraction of sp³-hybridized carbons (Fsp3) is 0.200. The van der Waals surface area contributed by atoms with Crippen LogP contribution < -0.4 is 15.2 Å². The van der Waals surface area contributed by atoms with Crippen molar-refractivity contribution >= 4 is 12.0 Å². The molecular formula is C15H17N3O2. The Bertz CT molecular complexity index is 612. The zero-order valence-corrected chi connectivity index (χ0v) is 11.5. The van der Waals surface area contributed by atoms with Gasteiger partial charge in [0, 0.05) is 36.1 Å². The summed E-state index contributed by atoms with van der Waals surface area (Å²) < 4.78 is 10.5. The molecule has 0 radical (unpaired) electrons. The van der Waals surface area contributed by atoms with Crippen molar-refractivity contribution < 1.29 is 9.47 Å². The predicted molar refractivity (Wildman–Crippen MR) is 78.9 cm³/mol. The summed E-state index contributed by atoms with van der Waals surface area (Å²) in [6, 6.07) is 9.29. The number of aromatic nitrogens is 1. The Kier molecular flexibility index (Phi) is 4.68. The van der Waals surface area contributed by atoms with E-state index in [1.54, 1.807) is 26.6 Å². The molecule has 5 nitrogen and oxygen atoms in total. The van der Waals surface area contributed by atoms with Gasteiger partial charge in [-0.3, -0.25) is 0 Å². The number of nitrogens with two attached hydrogens (primary N) is 1. The van der Waals surface area contributed by atoms with Crippen LogP contribution in [0.15, 0.2) is 41.5 Å². The Hall–Kier alpha value is -2.40. The number of pyridine rings is 1. The van der Waals surface area contributed by atoms with E-state index in [4.69, 9.17) is 15.2 Å². The molecule has 0 bridgehead atoms. The molecule has 0 aliphatic heterocycles. The molecule has 20 heavy (non-hydrogen) atoms. The maximum atomic E-state index is 5.66. The molecule has 0 spiro atoms. The average molecular weight is 271 g/mol. The van der Waals surface area contributed by atoms with Gasteiger partial charge in [-0.25, -0.2) is 9.98 Å². The van der Waals surface area contributed by atoms with Crippen LogP contribution in [0.3, 0.4) is 0 Å². The SMILES string of the molecule is COc1ccc(/C=N/c2ncccc2CN)c(OC)c1. The van der Waals surface area contributed by atoms with E-state index in [2.05, 4.69) is 9.98 Å². The second-order valence-corrected chi connectivity index (χ2v) is 4.06. The molecule has 2 rings (SSSR count). The highest BCUT2D eigenvalue weighted by Crippen LogP contribution is 2.24. The number of nitrogens with zero attached hydrogens (tertiary/aromatic N) is 2. The first-order chi connectivity index (χ1) is 9.78. The molecule has 0 atom stereocenters. The van der Waals surface area contributed by atoms with Crippen LogP contribution in [0.4, 0.5) is 5.82 Å². The molecule has 0 aliphatic carbocycles. The van der Waals surface area contributed by atoms with Crippen molar-refractivity contribution in [1.82, 2.24) is 4.98 Å². The number of benzene rings is 1. The van der Waals surface area contributed by atoms with E-state index in [1.807, 2.05) is 30.3 Å². The van der Waals surface area contributed by atoms with Crippen LogP contribution in [0, 0.1) is 0 Å². The molecule has 0 fully saturated rings. The lowest BCUT2D eigenvalue weighted by Crippen LogP contribution is -1.98. The third kappa shape index (κ3) is 3.13. The highest BCUT2D eigenvalue weighted by atomic mass is 16.5. The standard InChI is InChI=1S/C15H17N3O2/c1-19-13-6-5-12(14(8-13)20-2)10-18-15-11(9-16)4-3-7-17-15/h3-8,10H,9,16H2,1-2H3/b18-10+. The van der Waals surface area contributed by atoms with Gasteiger partial charge in [-0.2, -0.15) is 0 Å². The lowest BCUT2D eigenvalue weighted by molar-refractivity contribution is 0.394. The molecule has 1 heterocycles. The summed E-state index contributed by atoms with van der Waals surface area (Å²) in [4.78, 5) is 8.58. The Labute approximate surface area is 118 Å². The molecule has 0 aliphatic rings. The Balaban J connectivity index is 2.31. The summed E-state index contributed by atoms with van der Waals surface area (Å²) in [6.07, 6.45) is 3.40. The van der Waals surface area contributed by atoms with Gasteiger partial charge in [-0.15, -0.1) is 0 Å². The predicted octanol–water partition coefficient (Wildman–Crippen LogP) is 2.31. The Morgan fingerprint density at radius 2 is 2.10 bits per heavy atom. The molecule has 104 valence electrons. The molecular weight excluding hydrogens is 254 g/mol. The van der Waals surface area contributed by atoms with Crippen LogP contribution in [0.2, 0.25) is 0 Å². The fourth-order valence-corrected chi connectivity index (χ4v) is 1.76. The zero-order chi connectivity index (χ0) is 14.4. The topological polar surface area (TPSA) is 69.7 Å². The summed E-state index contributed by atoms with van der Waals surface area (Å²) in [5, 5.41) is 0. The summed E-state index contributed by atoms with van der Waals surface area (Å²) >= 11 is 0. The highest BCUT2D eigenvalue weighted by molar-refractivity contribution is 5.85. The van der Waals surface area contributed by atoms with Crippen molar-refractivity contribution in [3.63, 3.8) is 0 Å². The quantitative estimate of drug-likeness (QED) is 0.847. The second kappa shape index (κ2) is 6.68. The second-order valence-electron chi connectivity index (χ2n) is 4.06. The first kappa shape index (κ1) is 14.0. The third-order valence-electron chi connectivity index (χ3n) is 2.85. The van der Waals surface area contributed by atoms with Gasteiger partial charge in [0.2, 0.25) is 0 Å². The van der Waals surface area contributed by atoms with Crippen LogP contribution in [0.25, 0.3) is 0 Å². The third-order valence-corrected chi connectivity index (χ3v) is 2.85. The number of ether oxygens (including phenoxy) is 2. The molecule has 1 aromatic carbocycles. The van der Waals surface area contributed by atoms with Crippen molar-refractivity contribution in [3.05, 3.63) is 47.7 Å². The maximum absolute atomic E-state index is 5.66. The van der Waals surface area contributed by atoms with E-state index in [9.17, 15) is 0 Å². The smallest absolute Gasteiger partial charge is 0.156 e. The monoisotopic (exact) mass is 271 g/mol. The summed E-state index contributed by atoms with van der Waals surface area (Å²) in [7, 11) is 3.22. The zero-order valence-electron chi connectivity index (χ0n) is 11.5. The first-order valence-corrected chi connectivity index (χ1v) is 6.18. The first-order valence-electron chi connectivity index (χ1n) is 6.18. The van der Waals surface area contributed by atoms with Crippen LogP contribution in [-0.4, -0.2) is 25.4 Å². The van der Waals surface area contributed by atoms with Crippen LogP contribution >= 0.6 is 0 Å². The lowest BCUT2D eigenvalue weighted by atomic mass is 10.2. The lowest BCUT2D eigenvalue weighted by Gasteiger charge is -2.07. The Morgan fingerprint density at radius 1 is 1.25 bits per heavy atom. The van der Waals surface area contributed by atoms with Crippen LogP contribution in [-0.2, 0) is 6.54 Å². The van der Waals surface area contributed by atoms with E-state index in [0.29, 0.717) is 18.1 Å². The summed E-state index contributed by atoms with van der Waals surface area (Å²) in [5.74, 6) is 2.05. The maximum Gasteiger partial charge on any atom is 0.156 e. The number of hydrogen-bond acceptors (Lipinski definition) is 5. The fourth-order valence-electron chi connectivity index (χ4n) is 1.76. The molecule has 0 saturated heterocycles. The van der Waals surface area contributed by atoms with Crippen LogP contribution in [0.5, 0.6) is 11.5 Å². The van der Waals surface area contributed by atoms with Crippen LogP contribution in [0.1, 0.15) is 11.1 Å². The van der Waals surface area contributed by atoms with Crippen molar-refractivity contribution in [1.29, 1.82) is 0 Å². The molecule has 0 unspecified atom stereocenters. The van der Waals surface area contributed by atoms with Gasteiger partial charge < -0.3 is 15.2 Å². The van der Waals surface area contributed by atoms with Gasteiger partial charge in [0.1, 0.15) is 11.5 Å². The largest absolute Gasteiger partial charge is 0.497 e. The van der Waals surface area contributed by atoms with Crippen molar-refractivity contribution in [2.24, 2.45) is 10.7 Å². The summed E-state index contributed by atoms with van der Waals surface area (Å²) in [5.41, 5.74) is 7.41. The summed E-state index contributed by atoms with van der Waals surface area (Å²) in [6.45, 7) is 0.403. The minimum Gasteiger partial charge on any atom is -0.497 e. The molecule has 0 amide bonds. The molecule has 5 heteroatoms. The molecule has 1 aromatic heterocycles. The molecule has 0 saturated carbocycles. The van der Waals surface area contributed by atoms with E-state index in [-0.39, 0.29) is 0 Å². The van der Waals surface area contributed by atoms with E-state index in [0.717, 1.165) is 16.9 Å².